The number of carbonyl (C=O) groups is 1. The molecule has 0 aromatic carbocycles. The molecule has 1 rings (SSSR count). The minimum absolute atomic E-state index is 0.328. The summed E-state index contributed by atoms with van der Waals surface area (Å²) in [6.45, 7) is 0. The van der Waals surface area contributed by atoms with Gasteiger partial charge in [0.05, 0.1) is 24.7 Å². The molecule has 100 valence electrons. The monoisotopic (exact) mass is 271 g/mol. The van der Waals surface area contributed by atoms with Gasteiger partial charge in [0, 0.05) is 0 Å². The van der Waals surface area contributed by atoms with Crippen LogP contribution in [-0.4, -0.2) is 23.0 Å². The van der Waals surface area contributed by atoms with Crippen molar-refractivity contribution in [2.24, 2.45) is 0 Å². The molecule has 0 fully saturated rings. The van der Waals surface area contributed by atoms with Crippen LogP contribution in [0.1, 0.15) is 23.2 Å². The number of nitriles is 1. The number of pyridine rings is 1. The second-order valence-electron chi connectivity index (χ2n) is 3.33. The highest BCUT2D eigenvalue weighted by Gasteiger charge is 2.27. The standard InChI is InChI=1S/C10H7F2N3O4/c1-19-8(16)3-5-2-6(9(11)12)7(4-13)14-10(5)15(17)18/h2,9H,3H2,1H3. The van der Waals surface area contributed by atoms with Crippen molar-refractivity contribution in [2.75, 3.05) is 7.11 Å². The number of nitrogens with zero attached hydrogens (tertiary/aromatic N) is 3. The number of aromatic nitrogens is 1. The molecule has 9 heteroatoms. The Bertz CT molecular complexity index is 569. The first-order valence-corrected chi connectivity index (χ1v) is 4.84. The zero-order valence-corrected chi connectivity index (χ0v) is 9.59. The average Bonchev–Trinajstić information content (AvgIpc) is 2.37. The predicted molar refractivity (Wildman–Crippen MR) is 56.3 cm³/mol. The van der Waals surface area contributed by atoms with Gasteiger partial charge in [-0.15, -0.1) is 0 Å². The quantitative estimate of drug-likeness (QED) is 0.466. The van der Waals surface area contributed by atoms with Crippen LogP contribution in [-0.2, 0) is 16.0 Å². The minimum atomic E-state index is -3.03. The number of rotatable bonds is 4. The van der Waals surface area contributed by atoms with Gasteiger partial charge in [0.1, 0.15) is 6.07 Å². The second-order valence-corrected chi connectivity index (χ2v) is 3.33. The summed E-state index contributed by atoms with van der Waals surface area (Å²) in [5.74, 6) is -1.65. The van der Waals surface area contributed by atoms with E-state index in [2.05, 4.69) is 9.72 Å². The topological polar surface area (TPSA) is 106 Å². The SMILES string of the molecule is COC(=O)Cc1cc(C(F)F)c(C#N)nc1[N+](=O)[O-]. The normalized spacial score (nSPS) is 10.1. The van der Waals surface area contributed by atoms with Crippen molar-refractivity contribution < 1.29 is 23.2 Å². The van der Waals surface area contributed by atoms with Gasteiger partial charge in [-0.1, -0.05) is 0 Å². The van der Waals surface area contributed by atoms with Crippen molar-refractivity contribution >= 4 is 11.8 Å². The van der Waals surface area contributed by atoms with Gasteiger partial charge in [-0.25, -0.2) is 8.78 Å². The number of alkyl halides is 2. The van der Waals surface area contributed by atoms with Crippen molar-refractivity contribution in [3.8, 4) is 6.07 Å². The Labute approximate surface area is 105 Å². The number of hydrogen-bond donors (Lipinski definition) is 0. The lowest BCUT2D eigenvalue weighted by Gasteiger charge is -2.05. The van der Waals surface area contributed by atoms with E-state index in [0.29, 0.717) is 0 Å². The molecule has 0 unspecified atom stereocenters. The van der Waals surface area contributed by atoms with Crippen LogP contribution in [0.2, 0.25) is 0 Å². The van der Waals surface area contributed by atoms with Gasteiger partial charge >= 0.3 is 11.8 Å². The molecular formula is C10H7F2N3O4. The van der Waals surface area contributed by atoms with Gasteiger partial charge in [-0.2, -0.15) is 5.26 Å². The third-order valence-corrected chi connectivity index (χ3v) is 2.18. The summed E-state index contributed by atoms with van der Waals surface area (Å²) in [7, 11) is 1.05. The van der Waals surface area contributed by atoms with E-state index in [-0.39, 0.29) is 5.56 Å². The Morgan fingerprint density at radius 3 is 2.74 bits per heavy atom. The molecule has 0 radical (unpaired) electrons. The molecule has 0 saturated heterocycles. The Morgan fingerprint density at radius 1 is 1.68 bits per heavy atom. The first kappa shape index (κ1) is 14.4. The predicted octanol–water partition coefficient (Wildman–Crippen LogP) is 1.51. The molecule has 19 heavy (non-hydrogen) atoms. The number of ether oxygens (including phenoxy) is 1. The fourth-order valence-corrected chi connectivity index (χ4v) is 1.33. The molecule has 7 nitrogen and oxygen atoms in total. The summed E-state index contributed by atoms with van der Waals surface area (Å²) >= 11 is 0. The van der Waals surface area contributed by atoms with Crippen LogP contribution >= 0.6 is 0 Å². The fraction of sp³-hybridized carbons (Fsp3) is 0.300. The highest BCUT2D eigenvalue weighted by Crippen LogP contribution is 2.27. The third kappa shape index (κ3) is 3.19. The summed E-state index contributed by atoms with van der Waals surface area (Å²) in [4.78, 5) is 24.1. The van der Waals surface area contributed by atoms with Crippen molar-refractivity contribution in [2.45, 2.75) is 12.8 Å². The fourth-order valence-electron chi connectivity index (χ4n) is 1.33. The maximum Gasteiger partial charge on any atom is 0.368 e. The van der Waals surface area contributed by atoms with Crippen LogP contribution in [0.25, 0.3) is 0 Å². The van der Waals surface area contributed by atoms with Gasteiger partial charge < -0.3 is 14.9 Å². The molecule has 0 aliphatic rings. The van der Waals surface area contributed by atoms with E-state index in [4.69, 9.17) is 5.26 Å². The first-order valence-electron chi connectivity index (χ1n) is 4.84. The zero-order chi connectivity index (χ0) is 14.6. The summed E-state index contributed by atoms with van der Waals surface area (Å²) < 4.78 is 29.6. The maximum atomic E-state index is 12.7. The van der Waals surface area contributed by atoms with E-state index in [1.807, 2.05) is 0 Å². The molecular weight excluding hydrogens is 264 g/mol. The Kier molecular flexibility index (Phi) is 4.41. The summed E-state index contributed by atoms with van der Waals surface area (Å²) in [5, 5.41) is 19.4. The molecule has 0 saturated carbocycles. The number of methoxy groups -OCH3 is 1. The molecule has 0 aliphatic carbocycles. The molecule has 1 aromatic rings. The summed E-state index contributed by atoms with van der Waals surface area (Å²) in [6.07, 6.45) is -3.61. The van der Waals surface area contributed by atoms with Gasteiger partial charge in [-0.3, -0.25) is 4.79 Å². The smallest absolute Gasteiger partial charge is 0.368 e. The molecule has 0 atom stereocenters. The van der Waals surface area contributed by atoms with Crippen LogP contribution in [0.4, 0.5) is 14.6 Å². The Morgan fingerprint density at radius 2 is 2.32 bits per heavy atom. The van der Waals surface area contributed by atoms with Crippen LogP contribution in [0.5, 0.6) is 0 Å². The Hall–Kier alpha value is -2.63. The van der Waals surface area contributed by atoms with E-state index < -0.39 is 40.8 Å². The largest absolute Gasteiger partial charge is 0.469 e. The molecule has 1 aromatic heterocycles. The molecule has 0 spiro atoms. The minimum Gasteiger partial charge on any atom is -0.469 e. The lowest BCUT2D eigenvalue weighted by Crippen LogP contribution is -2.10. The summed E-state index contributed by atoms with van der Waals surface area (Å²) in [6, 6.07) is 2.08. The Balaban J connectivity index is 3.42. The second kappa shape index (κ2) is 5.81. The van der Waals surface area contributed by atoms with E-state index in [1.54, 1.807) is 0 Å². The van der Waals surface area contributed by atoms with Gasteiger partial charge in [0.15, 0.2) is 0 Å². The molecule has 1 heterocycles. The molecule has 0 bridgehead atoms. The van der Waals surface area contributed by atoms with Crippen molar-refractivity contribution in [1.29, 1.82) is 5.26 Å². The zero-order valence-electron chi connectivity index (χ0n) is 9.59. The van der Waals surface area contributed by atoms with Crippen LogP contribution < -0.4 is 0 Å². The van der Waals surface area contributed by atoms with E-state index in [1.165, 1.54) is 6.07 Å². The van der Waals surface area contributed by atoms with Crippen LogP contribution in [0, 0.1) is 21.4 Å². The van der Waals surface area contributed by atoms with E-state index >= 15 is 0 Å². The first-order chi connectivity index (χ1) is 8.90. The van der Waals surface area contributed by atoms with Gasteiger partial charge in [0.2, 0.25) is 0 Å². The van der Waals surface area contributed by atoms with E-state index in [0.717, 1.165) is 13.2 Å². The number of carbonyl (C=O) groups excluding carboxylic acids is 1. The van der Waals surface area contributed by atoms with Crippen LogP contribution in [0.3, 0.4) is 0 Å². The highest BCUT2D eigenvalue weighted by atomic mass is 19.3. The van der Waals surface area contributed by atoms with Gasteiger partial charge in [0.25, 0.3) is 12.1 Å². The van der Waals surface area contributed by atoms with Crippen molar-refractivity contribution in [3.05, 3.63) is 33.0 Å². The van der Waals surface area contributed by atoms with Crippen LogP contribution in [0.15, 0.2) is 6.07 Å². The van der Waals surface area contributed by atoms with Crippen molar-refractivity contribution in [1.82, 2.24) is 4.98 Å². The number of esters is 1. The number of halogens is 2. The molecule has 0 amide bonds. The average molecular weight is 271 g/mol. The lowest BCUT2D eigenvalue weighted by atomic mass is 10.1. The third-order valence-electron chi connectivity index (χ3n) is 2.18. The number of nitro groups is 1. The lowest BCUT2D eigenvalue weighted by molar-refractivity contribution is -0.390. The van der Waals surface area contributed by atoms with E-state index in [9.17, 15) is 23.7 Å². The van der Waals surface area contributed by atoms with Gasteiger partial charge in [-0.05, 0) is 16.0 Å². The number of hydrogen-bond acceptors (Lipinski definition) is 6. The molecule has 0 aliphatic heterocycles. The highest BCUT2D eigenvalue weighted by molar-refractivity contribution is 5.73. The maximum absolute atomic E-state index is 12.7. The van der Waals surface area contributed by atoms with Crippen molar-refractivity contribution in [3.63, 3.8) is 0 Å². The molecule has 0 N–H and O–H groups in total. The summed E-state index contributed by atoms with van der Waals surface area (Å²) in [5.41, 5.74) is -1.83.